The number of aldehydes is 1. The molecule has 0 amide bonds. The van der Waals surface area contributed by atoms with Crippen LogP contribution in [0.1, 0.15) is 11.1 Å². The molecule has 1 aromatic rings. The first-order valence-corrected chi connectivity index (χ1v) is 4.25. The fourth-order valence-corrected chi connectivity index (χ4v) is 1.24. The highest BCUT2D eigenvalue weighted by molar-refractivity contribution is 5.72. The second-order valence-electron chi connectivity index (χ2n) is 3.00. The maximum Gasteiger partial charge on any atom is 0.416 e. The van der Waals surface area contributed by atoms with Crippen molar-refractivity contribution in [3.8, 4) is 0 Å². The van der Waals surface area contributed by atoms with E-state index in [2.05, 4.69) is 6.58 Å². The summed E-state index contributed by atoms with van der Waals surface area (Å²) in [6.07, 6.45) is -3.92. The van der Waals surface area contributed by atoms with Crippen molar-refractivity contribution in [2.24, 2.45) is 0 Å². The average Bonchev–Trinajstić information content (AvgIpc) is 2.17. The molecule has 1 rings (SSSR count). The van der Waals surface area contributed by atoms with Gasteiger partial charge < -0.3 is 4.79 Å². The van der Waals surface area contributed by atoms with E-state index in [4.69, 9.17) is 0 Å². The van der Waals surface area contributed by atoms with Crippen LogP contribution < -0.4 is 0 Å². The first-order valence-electron chi connectivity index (χ1n) is 4.25. The number of allylic oxidation sites excluding steroid dienone is 1. The van der Waals surface area contributed by atoms with Crippen LogP contribution in [0, 0.1) is 0 Å². The molecule has 0 aliphatic heterocycles. The van der Waals surface area contributed by atoms with E-state index in [0.29, 0.717) is 11.8 Å². The van der Waals surface area contributed by atoms with E-state index in [1.165, 1.54) is 18.2 Å². The van der Waals surface area contributed by atoms with E-state index in [1.807, 2.05) is 0 Å². The molecule has 1 nitrogen and oxygen atoms in total. The molecule has 0 fully saturated rings. The maximum atomic E-state index is 12.4. The average molecular weight is 214 g/mol. The molecule has 0 aliphatic rings. The predicted molar refractivity (Wildman–Crippen MR) is 51.3 cm³/mol. The van der Waals surface area contributed by atoms with Crippen molar-refractivity contribution in [1.82, 2.24) is 0 Å². The zero-order valence-corrected chi connectivity index (χ0v) is 7.84. The van der Waals surface area contributed by atoms with Crippen molar-refractivity contribution in [3.05, 3.63) is 42.0 Å². The zero-order valence-electron chi connectivity index (χ0n) is 7.84. The molecule has 1 aromatic carbocycles. The Morgan fingerprint density at radius 2 is 1.93 bits per heavy atom. The van der Waals surface area contributed by atoms with Gasteiger partial charge in [-0.05, 0) is 11.1 Å². The van der Waals surface area contributed by atoms with Crippen molar-refractivity contribution >= 4 is 11.9 Å². The van der Waals surface area contributed by atoms with Gasteiger partial charge in [-0.25, -0.2) is 0 Å². The summed E-state index contributed by atoms with van der Waals surface area (Å²) in [5, 5.41) is 0. The molecule has 80 valence electrons. The van der Waals surface area contributed by atoms with Crippen LogP contribution in [0.2, 0.25) is 0 Å². The van der Waals surface area contributed by atoms with Crippen molar-refractivity contribution in [2.75, 3.05) is 0 Å². The van der Waals surface area contributed by atoms with Crippen LogP contribution in [0.5, 0.6) is 0 Å². The van der Waals surface area contributed by atoms with Crippen LogP contribution >= 0.6 is 0 Å². The topological polar surface area (TPSA) is 17.1 Å². The van der Waals surface area contributed by atoms with E-state index in [0.717, 1.165) is 0 Å². The Bertz CT molecular complexity index is 380. The Hall–Kier alpha value is -1.58. The molecule has 0 saturated carbocycles. The van der Waals surface area contributed by atoms with Gasteiger partial charge in [0, 0.05) is 6.42 Å². The lowest BCUT2D eigenvalue weighted by Crippen LogP contribution is -2.11. The van der Waals surface area contributed by atoms with Crippen LogP contribution in [-0.2, 0) is 11.2 Å². The van der Waals surface area contributed by atoms with Gasteiger partial charge in [-0.3, -0.25) is 0 Å². The van der Waals surface area contributed by atoms with Crippen molar-refractivity contribution < 1.29 is 18.0 Å². The number of carbonyl (C=O) groups is 1. The lowest BCUT2D eigenvalue weighted by atomic mass is 9.99. The smallest absolute Gasteiger partial charge is 0.303 e. The molecular weight excluding hydrogens is 205 g/mol. The number of hydrogen-bond donors (Lipinski definition) is 0. The molecule has 15 heavy (non-hydrogen) atoms. The summed E-state index contributed by atoms with van der Waals surface area (Å²) in [5.41, 5.74) is -0.591. The first-order chi connectivity index (χ1) is 6.96. The SMILES string of the molecule is C=C(c1ccccc1CC=O)C(F)(F)F. The Labute approximate surface area is 85.2 Å². The fourth-order valence-electron chi connectivity index (χ4n) is 1.24. The monoisotopic (exact) mass is 214 g/mol. The minimum atomic E-state index is -4.46. The molecule has 0 heterocycles. The van der Waals surface area contributed by atoms with Gasteiger partial charge in [-0.2, -0.15) is 13.2 Å². The third kappa shape index (κ3) is 2.68. The zero-order chi connectivity index (χ0) is 11.5. The highest BCUT2D eigenvalue weighted by Gasteiger charge is 2.33. The first kappa shape index (κ1) is 11.5. The largest absolute Gasteiger partial charge is 0.416 e. The molecule has 0 aromatic heterocycles. The second-order valence-corrected chi connectivity index (χ2v) is 3.00. The highest BCUT2D eigenvalue weighted by Crippen LogP contribution is 2.33. The summed E-state index contributed by atoms with van der Waals surface area (Å²) in [5.74, 6) is 0. The van der Waals surface area contributed by atoms with Crippen LogP contribution in [0.3, 0.4) is 0 Å². The standard InChI is InChI=1S/C11H9F3O/c1-8(11(12,13)14)10-5-3-2-4-9(10)6-7-15/h2-5,7H,1,6H2. The van der Waals surface area contributed by atoms with E-state index in [-0.39, 0.29) is 12.0 Å². The van der Waals surface area contributed by atoms with Gasteiger partial charge in [0.25, 0.3) is 0 Å². The molecule has 0 unspecified atom stereocenters. The summed E-state index contributed by atoms with van der Waals surface area (Å²) in [6, 6.07) is 5.88. The number of alkyl halides is 3. The molecule has 0 radical (unpaired) electrons. The van der Waals surface area contributed by atoms with Gasteiger partial charge in [-0.1, -0.05) is 30.8 Å². The van der Waals surface area contributed by atoms with Gasteiger partial charge in [0.1, 0.15) is 6.29 Å². The number of benzene rings is 1. The number of carbonyl (C=O) groups excluding carboxylic acids is 1. The van der Waals surface area contributed by atoms with Crippen LogP contribution in [-0.4, -0.2) is 12.5 Å². The molecule has 0 aliphatic carbocycles. The maximum absolute atomic E-state index is 12.4. The third-order valence-corrected chi connectivity index (χ3v) is 1.99. The second kappa shape index (κ2) is 4.29. The van der Waals surface area contributed by atoms with Gasteiger partial charge in [-0.15, -0.1) is 0 Å². The minimum Gasteiger partial charge on any atom is -0.303 e. The Balaban J connectivity index is 3.13. The molecule has 0 atom stereocenters. The molecule has 4 heteroatoms. The van der Waals surface area contributed by atoms with E-state index < -0.39 is 11.7 Å². The van der Waals surface area contributed by atoms with Crippen LogP contribution in [0.25, 0.3) is 5.57 Å². The molecule has 0 saturated heterocycles. The normalized spacial score (nSPS) is 11.1. The van der Waals surface area contributed by atoms with Gasteiger partial charge in [0.15, 0.2) is 0 Å². The summed E-state index contributed by atoms with van der Waals surface area (Å²) in [4.78, 5) is 10.3. The summed E-state index contributed by atoms with van der Waals surface area (Å²) in [7, 11) is 0. The molecule has 0 bridgehead atoms. The molecule has 0 N–H and O–H groups in total. The van der Waals surface area contributed by atoms with Crippen LogP contribution in [0.15, 0.2) is 30.8 Å². The highest BCUT2D eigenvalue weighted by atomic mass is 19.4. The lowest BCUT2D eigenvalue weighted by molar-refractivity contribution is -0.107. The summed E-state index contributed by atoms with van der Waals surface area (Å²) < 4.78 is 37.1. The quantitative estimate of drug-likeness (QED) is 0.707. The third-order valence-electron chi connectivity index (χ3n) is 1.99. The van der Waals surface area contributed by atoms with Crippen molar-refractivity contribution in [1.29, 1.82) is 0 Å². The van der Waals surface area contributed by atoms with Crippen molar-refractivity contribution in [2.45, 2.75) is 12.6 Å². The number of halogens is 3. The lowest BCUT2D eigenvalue weighted by Gasteiger charge is -2.13. The Kier molecular flexibility index (Phi) is 3.29. The van der Waals surface area contributed by atoms with Crippen molar-refractivity contribution in [3.63, 3.8) is 0 Å². The van der Waals surface area contributed by atoms with Gasteiger partial charge in [0.05, 0.1) is 5.57 Å². The summed E-state index contributed by atoms with van der Waals surface area (Å²) >= 11 is 0. The van der Waals surface area contributed by atoms with E-state index in [1.54, 1.807) is 6.07 Å². The number of hydrogen-bond acceptors (Lipinski definition) is 1. The summed E-state index contributed by atoms with van der Waals surface area (Å²) in [6.45, 7) is 3.00. The Morgan fingerprint density at radius 3 is 2.47 bits per heavy atom. The van der Waals surface area contributed by atoms with Gasteiger partial charge >= 0.3 is 6.18 Å². The van der Waals surface area contributed by atoms with Gasteiger partial charge in [0.2, 0.25) is 0 Å². The van der Waals surface area contributed by atoms with Crippen LogP contribution in [0.4, 0.5) is 13.2 Å². The fraction of sp³-hybridized carbons (Fsp3) is 0.182. The Morgan fingerprint density at radius 1 is 1.33 bits per heavy atom. The predicted octanol–water partition coefficient (Wildman–Crippen LogP) is 3.00. The molecule has 0 spiro atoms. The van der Waals surface area contributed by atoms with E-state index in [9.17, 15) is 18.0 Å². The number of rotatable bonds is 3. The molecular formula is C11H9F3O. The minimum absolute atomic E-state index is 0.0166. The van der Waals surface area contributed by atoms with E-state index >= 15 is 0 Å².